The van der Waals surface area contributed by atoms with E-state index >= 15 is 0 Å². The summed E-state index contributed by atoms with van der Waals surface area (Å²) in [4.78, 5) is 11.8. The molecule has 1 atom stereocenters. The van der Waals surface area contributed by atoms with Gasteiger partial charge in [0.1, 0.15) is 22.7 Å². The topological polar surface area (TPSA) is 74.2 Å². The van der Waals surface area contributed by atoms with Gasteiger partial charge in [0.2, 0.25) is 0 Å². The highest BCUT2D eigenvalue weighted by Gasteiger charge is 2.36. The van der Waals surface area contributed by atoms with Crippen molar-refractivity contribution < 1.29 is 28.8 Å². The Labute approximate surface area is 220 Å². The van der Waals surface area contributed by atoms with E-state index in [1.165, 1.54) is 0 Å². The van der Waals surface area contributed by atoms with E-state index < -0.39 is 11.2 Å². The van der Waals surface area contributed by atoms with Gasteiger partial charge in [-0.1, -0.05) is 48.9 Å². The third-order valence-corrected chi connectivity index (χ3v) is 6.27. The molecule has 2 aromatic carbocycles. The summed E-state index contributed by atoms with van der Waals surface area (Å²) >= 11 is 0. The van der Waals surface area contributed by atoms with Crippen molar-refractivity contribution in [2.24, 2.45) is 0 Å². The standard InChI is InChI=1S/C31H40O6/c1-30(2,3)37-29(32)9-7-6-8-22-36-28-20-14-25(15-21-28)31(33,23-10-16-26(34-4)17-11-23)24-12-18-27(35-5)19-13-24/h10-20,28,33H,6-9,21-22H2,1-5H3. The molecule has 200 valence electrons. The molecular weight excluding hydrogens is 468 g/mol. The molecule has 0 bridgehead atoms. The number of esters is 1. The fourth-order valence-corrected chi connectivity index (χ4v) is 4.33. The Bertz CT molecular complexity index is 1010. The van der Waals surface area contributed by atoms with Crippen LogP contribution < -0.4 is 9.47 Å². The second-order valence-electron chi connectivity index (χ2n) is 10.2. The van der Waals surface area contributed by atoms with Gasteiger partial charge in [0.05, 0.1) is 20.3 Å². The number of unbranched alkanes of at least 4 members (excludes halogenated alkanes) is 2. The summed E-state index contributed by atoms with van der Waals surface area (Å²) < 4.78 is 22.0. The largest absolute Gasteiger partial charge is 0.497 e. The van der Waals surface area contributed by atoms with Crippen LogP contribution in [0.5, 0.6) is 11.5 Å². The molecule has 0 aliphatic heterocycles. The van der Waals surface area contributed by atoms with Gasteiger partial charge in [-0.15, -0.1) is 0 Å². The Hall–Kier alpha value is -3.09. The first kappa shape index (κ1) is 28.5. The molecule has 37 heavy (non-hydrogen) atoms. The van der Waals surface area contributed by atoms with Gasteiger partial charge >= 0.3 is 5.97 Å². The molecule has 0 aromatic heterocycles. The highest BCUT2D eigenvalue weighted by molar-refractivity contribution is 5.69. The molecule has 1 unspecified atom stereocenters. The van der Waals surface area contributed by atoms with E-state index in [9.17, 15) is 9.90 Å². The van der Waals surface area contributed by atoms with Crippen molar-refractivity contribution in [3.8, 4) is 11.5 Å². The first-order valence-electron chi connectivity index (χ1n) is 12.9. The summed E-state index contributed by atoms with van der Waals surface area (Å²) in [5.74, 6) is 1.31. The average Bonchev–Trinajstić information content (AvgIpc) is 2.89. The molecule has 0 heterocycles. The lowest BCUT2D eigenvalue weighted by Crippen LogP contribution is -2.31. The lowest BCUT2D eigenvalue weighted by Gasteiger charge is -2.33. The summed E-state index contributed by atoms with van der Waals surface area (Å²) in [6.45, 7) is 6.26. The number of carbonyl (C=O) groups excluding carboxylic acids is 1. The van der Waals surface area contributed by atoms with Crippen LogP contribution in [0.1, 0.15) is 64.0 Å². The molecule has 0 spiro atoms. The third-order valence-electron chi connectivity index (χ3n) is 6.27. The molecule has 1 aliphatic carbocycles. The molecule has 0 radical (unpaired) electrons. The number of ether oxygens (including phenoxy) is 4. The fraction of sp³-hybridized carbons (Fsp3) is 0.452. The average molecular weight is 509 g/mol. The highest BCUT2D eigenvalue weighted by atomic mass is 16.6. The summed E-state index contributed by atoms with van der Waals surface area (Å²) in [5.41, 5.74) is 0.520. The Morgan fingerprint density at radius 3 is 1.92 bits per heavy atom. The van der Waals surface area contributed by atoms with Crippen LogP contribution in [0.15, 0.2) is 72.3 Å². The van der Waals surface area contributed by atoms with E-state index in [0.29, 0.717) is 19.4 Å². The van der Waals surface area contributed by atoms with Crippen molar-refractivity contribution in [3.63, 3.8) is 0 Å². The van der Waals surface area contributed by atoms with E-state index in [-0.39, 0.29) is 12.1 Å². The predicted octanol–water partition coefficient (Wildman–Crippen LogP) is 6.11. The smallest absolute Gasteiger partial charge is 0.306 e. The minimum absolute atomic E-state index is 0.0504. The lowest BCUT2D eigenvalue weighted by molar-refractivity contribution is -0.154. The molecule has 0 fully saturated rings. The van der Waals surface area contributed by atoms with Crippen LogP contribution in [0.3, 0.4) is 0 Å². The van der Waals surface area contributed by atoms with E-state index in [0.717, 1.165) is 47.5 Å². The van der Waals surface area contributed by atoms with Crippen LogP contribution in [0.4, 0.5) is 0 Å². The van der Waals surface area contributed by atoms with Gasteiger partial charge in [-0.3, -0.25) is 4.79 Å². The van der Waals surface area contributed by atoms with E-state index in [2.05, 4.69) is 0 Å². The van der Waals surface area contributed by atoms with Crippen LogP contribution in [-0.4, -0.2) is 43.6 Å². The van der Waals surface area contributed by atoms with Crippen LogP contribution in [0.25, 0.3) is 0 Å². The van der Waals surface area contributed by atoms with Crippen LogP contribution in [0, 0.1) is 0 Å². The highest BCUT2D eigenvalue weighted by Crippen LogP contribution is 2.40. The number of rotatable bonds is 12. The second-order valence-corrected chi connectivity index (χ2v) is 10.2. The molecule has 3 rings (SSSR count). The first-order valence-corrected chi connectivity index (χ1v) is 12.9. The predicted molar refractivity (Wildman–Crippen MR) is 145 cm³/mol. The van der Waals surface area contributed by atoms with Crippen molar-refractivity contribution in [1.82, 2.24) is 0 Å². The molecule has 0 saturated carbocycles. The normalized spacial score (nSPS) is 15.7. The molecule has 6 heteroatoms. The Kier molecular flexibility index (Phi) is 9.95. The summed E-state index contributed by atoms with van der Waals surface area (Å²) in [7, 11) is 3.25. The molecule has 1 N–H and O–H groups in total. The van der Waals surface area contributed by atoms with E-state index in [1.54, 1.807) is 14.2 Å². The second kappa shape index (κ2) is 12.9. The number of carbonyl (C=O) groups is 1. The van der Waals surface area contributed by atoms with Gasteiger partial charge in [0.25, 0.3) is 0 Å². The van der Waals surface area contributed by atoms with Gasteiger partial charge in [-0.25, -0.2) is 0 Å². The number of benzene rings is 2. The molecule has 0 saturated heterocycles. The van der Waals surface area contributed by atoms with E-state index in [1.807, 2.05) is 87.5 Å². The van der Waals surface area contributed by atoms with Crippen LogP contribution >= 0.6 is 0 Å². The Balaban J connectivity index is 1.60. The number of aliphatic hydroxyl groups is 1. The number of methoxy groups -OCH3 is 2. The van der Waals surface area contributed by atoms with Gasteiger partial charge in [0.15, 0.2) is 0 Å². The SMILES string of the molecule is COc1ccc(C(O)(C2=CCC(OCCCCCC(=O)OC(C)(C)C)C=C2)c2ccc(OC)cc2)cc1. The minimum Gasteiger partial charge on any atom is -0.497 e. The van der Waals surface area contributed by atoms with Crippen molar-refractivity contribution in [2.75, 3.05) is 20.8 Å². The molecular formula is C31H40O6. The quantitative estimate of drug-likeness (QED) is 0.275. The van der Waals surface area contributed by atoms with Crippen molar-refractivity contribution in [2.45, 2.75) is 70.2 Å². The van der Waals surface area contributed by atoms with Gasteiger partial charge in [-0.05, 0) is 81.0 Å². The zero-order valence-corrected chi connectivity index (χ0v) is 22.7. The summed E-state index contributed by atoms with van der Waals surface area (Å²) in [6.07, 6.45) is 9.63. The van der Waals surface area contributed by atoms with Crippen molar-refractivity contribution in [3.05, 3.63) is 83.5 Å². The third kappa shape index (κ3) is 7.94. The lowest BCUT2D eigenvalue weighted by atomic mass is 9.78. The fourth-order valence-electron chi connectivity index (χ4n) is 4.33. The Morgan fingerprint density at radius 1 is 0.892 bits per heavy atom. The van der Waals surface area contributed by atoms with Gasteiger partial charge < -0.3 is 24.1 Å². The maximum absolute atomic E-state index is 12.1. The summed E-state index contributed by atoms with van der Waals surface area (Å²) in [6, 6.07) is 15.0. The molecule has 0 amide bonds. The molecule has 2 aromatic rings. The number of hydrogen-bond acceptors (Lipinski definition) is 6. The monoisotopic (exact) mass is 508 g/mol. The zero-order chi connectivity index (χ0) is 26.9. The minimum atomic E-state index is -1.33. The van der Waals surface area contributed by atoms with Gasteiger partial charge in [0, 0.05) is 13.0 Å². The first-order chi connectivity index (χ1) is 17.7. The molecule has 1 aliphatic rings. The zero-order valence-electron chi connectivity index (χ0n) is 22.7. The number of hydrogen-bond donors (Lipinski definition) is 1. The van der Waals surface area contributed by atoms with Crippen LogP contribution in [-0.2, 0) is 19.9 Å². The molecule has 6 nitrogen and oxygen atoms in total. The van der Waals surface area contributed by atoms with Crippen LogP contribution in [0.2, 0.25) is 0 Å². The van der Waals surface area contributed by atoms with Crippen molar-refractivity contribution in [1.29, 1.82) is 0 Å². The van der Waals surface area contributed by atoms with E-state index in [4.69, 9.17) is 18.9 Å². The Morgan fingerprint density at radius 2 is 1.46 bits per heavy atom. The maximum atomic E-state index is 12.1. The maximum Gasteiger partial charge on any atom is 0.306 e. The summed E-state index contributed by atoms with van der Waals surface area (Å²) in [5, 5.41) is 12.1. The van der Waals surface area contributed by atoms with Gasteiger partial charge in [-0.2, -0.15) is 0 Å². The van der Waals surface area contributed by atoms with Crippen molar-refractivity contribution >= 4 is 5.97 Å².